The minimum Gasteiger partial charge on any atom is -0.367 e. The highest BCUT2D eigenvalue weighted by Crippen LogP contribution is 2.24. The van der Waals surface area contributed by atoms with Crippen molar-refractivity contribution in [3.63, 3.8) is 0 Å². The van der Waals surface area contributed by atoms with E-state index in [-0.39, 0.29) is 5.91 Å². The molecule has 1 atom stereocenters. The Hall–Kier alpha value is -2.29. The molecule has 0 radical (unpaired) electrons. The Bertz CT molecular complexity index is 639. The first-order chi connectivity index (χ1) is 10.7. The summed E-state index contributed by atoms with van der Waals surface area (Å²) < 4.78 is 0. The quantitative estimate of drug-likeness (QED) is 0.937. The molecule has 0 saturated carbocycles. The fourth-order valence-electron chi connectivity index (χ4n) is 3.11. The zero-order valence-electron chi connectivity index (χ0n) is 13.0. The lowest BCUT2D eigenvalue weighted by Crippen LogP contribution is -2.40. The third-order valence-electron chi connectivity index (χ3n) is 4.24. The molecular weight excluding hydrogens is 272 g/mol. The van der Waals surface area contributed by atoms with Gasteiger partial charge in [0, 0.05) is 30.4 Å². The third kappa shape index (κ3) is 3.30. The molecule has 0 bridgehead atoms. The number of carbonyl (C=O) groups is 1. The SMILES string of the molecule is Cc1cccc(C(=O)NCC2CCCN2c2ccccc2)c1. The number of para-hydroxylation sites is 1. The van der Waals surface area contributed by atoms with Gasteiger partial charge in [-0.15, -0.1) is 0 Å². The summed E-state index contributed by atoms with van der Waals surface area (Å²) >= 11 is 0. The monoisotopic (exact) mass is 294 g/mol. The van der Waals surface area contributed by atoms with Gasteiger partial charge in [0.25, 0.3) is 5.91 Å². The molecule has 1 aliphatic rings. The lowest BCUT2D eigenvalue weighted by atomic mass is 10.1. The first-order valence-electron chi connectivity index (χ1n) is 7.90. The maximum absolute atomic E-state index is 12.3. The van der Waals surface area contributed by atoms with Crippen LogP contribution in [0.1, 0.15) is 28.8 Å². The van der Waals surface area contributed by atoms with Crippen LogP contribution in [0, 0.1) is 6.92 Å². The van der Waals surface area contributed by atoms with E-state index in [1.807, 2.05) is 37.3 Å². The molecule has 1 unspecified atom stereocenters. The predicted molar refractivity (Wildman–Crippen MR) is 90.3 cm³/mol. The molecule has 1 amide bonds. The Morgan fingerprint density at radius 3 is 2.77 bits per heavy atom. The van der Waals surface area contributed by atoms with Crippen molar-refractivity contribution in [2.75, 3.05) is 18.0 Å². The summed E-state index contributed by atoms with van der Waals surface area (Å²) in [5.74, 6) is 0.0172. The number of nitrogens with zero attached hydrogens (tertiary/aromatic N) is 1. The number of hydrogen-bond acceptors (Lipinski definition) is 2. The highest BCUT2D eigenvalue weighted by atomic mass is 16.1. The van der Waals surface area contributed by atoms with Gasteiger partial charge in [-0.3, -0.25) is 4.79 Å². The van der Waals surface area contributed by atoms with Gasteiger partial charge in [-0.05, 0) is 44.0 Å². The van der Waals surface area contributed by atoms with Crippen molar-refractivity contribution in [3.05, 3.63) is 65.7 Å². The van der Waals surface area contributed by atoms with Crippen LogP contribution in [0.25, 0.3) is 0 Å². The van der Waals surface area contributed by atoms with Crippen molar-refractivity contribution >= 4 is 11.6 Å². The summed E-state index contributed by atoms with van der Waals surface area (Å²) in [6, 6.07) is 18.6. The van der Waals surface area contributed by atoms with Crippen molar-refractivity contribution in [1.82, 2.24) is 5.32 Å². The minimum absolute atomic E-state index is 0.0172. The Morgan fingerprint density at radius 1 is 1.18 bits per heavy atom. The molecule has 3 heteroatoms. The van der Waals surface area contributed by atoms with E-state index in [1.54, 1.807) is 0 Å². The zero-order chi connectivity index (χ0) is 15.4. The van der Waals surface area contributed by atoms with Gasteiger partial charge in [0.15, 0.2) is 0 Å². The molecule has 22 heavy (non-hydrogen) atoms. The maximum atomic E-state index is 12.3. The highest BCUT2D eigenvalue weighted by molar-refractivity contribution is 5.94. The molecule has 114 valence electrons. The fraction of sp³-hybridized carbons (Fsp3) is 0.316. The molecule has 2 aromatic carbocycles. The smallest absolute Gasteiger partial charge is 0.251 e. The largest absolute Gasteiger partial charge is 0.367 e. The molecule has 0 aliphatic carbocycles. The maximum Gasteiger partial charge on any atom is 0.251 e. The number of carbonyl (C=O) groups excluding carboxylic acids is 1. The van der Waals surface area contributed by atoms with Gasteiger partial charge in [-0.25, -0.2) is 0 Å². The number of benzene rings is 2. The lowest BCUT2D eigenvalue weighted by molar-refractivity contribution is 0.0951. The molecule has 2 aromatic rings. The second-order valence-corrected chi connectivity index (χ2v) is 5.90. The lowest BCUT2D eigenvalue weighted by Gasteiger charge is -2.27. The second kappa shape index (κ2) is 6.65. The van der Waals surface area contributed by atoms with E-state index in [9.17, 15) is 4.79 Å². The summed E-state index contributed by atoms with van der Waals surface area (Å²) in [7, 11) is 0. The van der Waals surface area contributed by atoms with Crippen molar-refractivity contribution in [2.24, 2.45) is 0 Å². The van der Waals surface area contributed by atoms with E-state index in [2.05, 4.69) is 34.5 Å². The Balaban J connectivity index is 1.62. The van der Waals surface area contributed by atoms with E-state index < -0.39 is 0 Å². The summed E-state index contributed by atoms with van der Waals surface area (Å²) in [6.45, 7) is 3.77. The van der Waals surface area contributed by atoms with E-state index in [0.717, 1.165) is 24.1 Å². The fourth-order valence-corrected chi connectivity index (χ4v) is 3.11. The predicted octanol–water partition coefficient (Wildman–Crippen LogP) is 3.39. The van der Waals surface area contributed by atoms with E-state index in [4.69, 9.17) is 0 Å². The van der Waals surface area contributed by atoms with Crippen LogP contribution in [0.15, 0.2) is 54.6 Å². The molecule has 1 aliphatic heterocycles. The summed E-state index contributed by atoms with van der Waals surface area (Å²) in [5.41, 5.74) is 3.10. The molecule has 3 nitrogen and oxygen atoms in total. The average Bonchev–Trinajstić information content (AvgIpc) is 3.02. The normalized spacial score (nSPS) is 17.5. The summed E-state index contributed by atoms with van der Waals surface area (Å²) in [6.07, 6.45) is 2.31. The number of anilines is 1. The number of hydrogen-bond donors (Lipinski definition) is 1. The second-order valence-electron chi connectivity index (χ2n) is 5.90. The Labute approximate surface area is 132 Å². The number of amides is 1. The Kier molecular flexibility index (Phi) is 4.42. The molecule has 3 rings (SSSR count). The Morgan fingerprint density at radius 2 is 2.00 bits per heavy atom. The molecule has 1 saturated heterocycles. The molecule has 1 heterocycles. The van der Waals surface area contributed by atoms with Crippen molar-refractivity contribution in [1.29, 1.82) is 0 Å². The van der Waals surface area contributed by atoms with Crippen LogP contribution in [-0.2, 0) is 0 Å². The van der Waals surface area contributed by atoms with Crippen LogP contribution in [0.3, 0.4) is 0 Å². The van der Waals surface area contributed by atoms with Crippen molar-refractivity contribution in [3.8, 4) is 0 Å². The van der Waals surface area contributed by atoms with Gasteiger partial charge in [0.2, 0.25) is 0 Å². The van der Waals surface area contributed by atoms with Crippen LogP contribution in [0.5, 0.6) is 0 Å². The molecule has 1 fully saturated rings. The van der Waals surface area contributed by atoms with Crippen LogP contribution < -0.4 is 10.2 Å². The van der Waals surface area contributed by atoms with Crippen LogP contribution >= 0.6 is 0 Å². The summed E-state index contributed by atoms with van der Waals surface area (Å²) in [5, 5.41) is 3.09. The van der Waals surface area contributed by atoms with Gasteiger partial charge < -0.3 is 10.2 Å². The number of aryl methyl sites for hydroxylation is 1. The van der Waals surface area contributed by atoms with E-state index >= 15 is 0 Å². The highest BCUT2D eigenvalue weighted by Gasteiger charge is 2.25. The number of nitrogens with one attached hydrogen (secondary N) is 1. The van der Waals surface area contributed by atoms with Gasteiger partial charge >= 0.3 is 0 Å². The van der Waals surface area contributed by atoms with Gasteiger partial charge in [-0.2, -0.15) is 0 Å². The molecular formula is C19H22N2O. The van der Waals surface area contributed by atoms with Crippen LogP contribution in [-0.4, -0.2) is 25.0 Å². The molecule has 0 aromatic heterocycles. The molecule has 0 spiro atoms. The number of rotatable bonds is 4. The van der Waals surface area contributed by atoms with Gasteiger partial charge in [-0.1, -0.05) is 35.9 Å². The topological polar surface area (TPSA) is 32.3 Å². The zero-order valence-corrected chi connectivity index (χ0v) is 13.0. The third-order valence-corrected chi connectivity index (χ3v) is 4.24. The van der Waals surface area contributed by atoms with Crippen LogP contribution in [0.2, 0.25) is 0 Å². The van der Waals surface area contributed by atoms with Crippen LogP contribution in [0.4, 0.5) is 5.69 Å². The first kappa shape index (κ1) is 14.6. The summed E-state index contributed by atoms with van der Waals surface area (Å²) in [4.78, 5) is 14.7. The van der Waals surface area contributed by atoms with Crippen molar-refractivity contribution in [2.45, 2.75) is 25.8 Å². The minimum atomic E-state index is 0.0172. The molecule has 1 N–H and O–H groups in total. The standard InChI is InChI=1S/C19H22N2O/c1-15-7-5-8-16(13-15)19(22)20-14-18-11-6-12-21(18)17-9-3-2-4-10-17/h2-5,7-10,13,18H,6,11-12,14H2,1H3,(H,20,22). The first-order valence-corrected chi connectivity index (χ1v) is 7.90. The van der Waals surface area contributed by atoms with E-state index in [1.165, 1.54) is 12.1 Å². The van der Waals surface area contributed by atoms with Gasteiger partial charge in [0.1, 0.15) is 0 Å². The van der Waals surface area contributed by atoms with Crippen molar-refractivity contribution < 1.29 is 4.79 Å². The average molecular weight is 294 g/mol. The van der Waals surface area contributed by atoms with Gasteiger partial charge in [0.05, 0.1) is 0 Å². The van der Waals surface area contributed by atoms with E-state index in [0.29, 0.717) is 12.6 Å².